The predicted octanol–water partition coefficient (Wildman–Crippen LogP) is 3.72. The molecule has 0 unspecified atom stereocenters. The Morgan fingerprint density at radius 1 is 1.12 bits per heavy atom. The number of hydrogen-bond acceptors (Lipinski definition) is 3. The zero-order valence-corrected chi connectivity index (χ0v) is 13.8. The minimum Gasteiger partial charge on any atom is -0.481 e. The number of furan rings is 1. The van der Waals surface area contributed by atoms with E-state index >= 15 is 0 Å². The molecule has 2 aromatic rings. The molecule has 1 fully saturated rings. The number of hydrogen-bond donors (Lipinski definition) is 2. The molecule has 25 heavy (non-hydrogen) atoms. The predicted molar refractivity (Wildman–Crippen MR) is 92.9 cm³/mol. The van der Waals surface area contributed by atoms with Crippen LogP contribution >= 0.6 is 0 Å². The molecule has 1 aromatic heterocycles. The number of benzene rings is 1. The number of carbonyl (C=O) groups is 2. The van der Waals surface area contributed by atoms with E-state index in [2.05, 4.69) is 5.32 Å². The van der Waals surface area contributed by atoms with Crippen molar-refractivity contribution in [3.63, 3.8) is 0 Å². The molecule has 2 bridgehead atoms. The summed E-state index contributed by atoms with van der Waals surface area (Å²) in [7, 11) is 0. The van der Waals surface area contributed by atoms with Crippen LogP contribution in [0.2, 0.25) is 0 Å². The maximum absolute atomic E-state index is 12.7. The maximum Gasteiger partial charge on any atom is 0.307 e. The first-order valence-electron chi connectivity index (χ1n) is 8.42. The fraction of sp³-hybridized carbons (Fsp3) is 0.300. The largest absolute Gasteiger partial charge is 0.481 e. The normalized spacial score (nSPS) is 26.8. The standard InChI is InChI=1S/C20H19NO4/c1-11-5-8-16(25-11)12-3-2-4-15(10-12)21-19(22)17-13-6-7-14(9-13)18(17)20(23)24/h2-8,10,13-14,17-18H,9H2,1H3,(H,21,22)(H,23,24)/t13-,14-,17-,18-/m1/s1. The van der Waals surface area contributed by atoms with Crippen LogP contribution < -0.4 is 5.32 Å². The highest BCUT2D eigenvalue weighted by Gasteiger charge is 2.51. The monoisotopic (exact) mass is 337 g/mol. The lowest BCUT2D eigenvalue weighted by molar-refractivity contribution is -0.146. The molecule has 2 aliphatic carbocycles. The van der Waals surface area contributed by atoms with Crippen molar-refractivity contribution in [1.29, 1.82) is 0 Å². The third-order valence-electron chi connectivity index (χ3n) is 5.20. The molecule has 1 aromatic carbocycles. The first kappa shape index (κ1) is 15.7. The van der Waals surface area contributed by atoms with Crippen LogP contribution in [0.5, 0.6) is 0 Å². The van der Waals surface area contributed by atoms with Crippen LogP contribution in [0.3, 0.4) is 0 Å². The van der Waals surface area contributed by atoms with Crippen LogP contribution in [-0.4, -0.2) is 17.0 Å². The summed E-state index contributed by atoms with van der Waals surface area (Å²) < 4.78 is 5.62. The molecule has 0 radical (unpaired) electrons. The van der Waals surface area contributed by atoms with Gasteiger partial charge in [-0.05, 0) is 49.4 Å². The minimum atomic E-state index is -0.892. The molecule has 5 heteroatoms. The summed E-state index contributed by atoms with van der Waals surface area (Å²) >= 11 is 0. The van der Waals surface area contributed by atoms with Crippen molar-refractivity contribution in [2.45, 2.75) is 13.3 Å². The molecular formula is C20H19NO4. The Morgan fingerprint density at radius 3 is 2.56 bits per heavy atom. The third kappa shape index (κ3) is 2.76. The van der Waals surface area contributed by atoms with Crippen molar-refractivity contribution in [3.05, 3.63) is 54.3 Å². The summed E-state index contributed by atoms with van der Waals surface area (Å²) in [4.78, 5) is 24.3. The molecule has 2 N–H and O–H groups in total. The van der Waals surface area contributed by atoms with Crippen molar-refractivity contribution in [3.8, 4) is 11.3 Å². The Balaban J connectivity index is 1.55. The molecular weight excluding hydrogens is 318 g/mol. The maximum atomic E-state index is 12.7. The number of nitrogens with one attached hydrogen (secondary N) is 1. The minimum absolute atomic E-state index is 0.0157. The van der Waals surface area contributed by atoms with Crippen LogP contribution in [0.25, 0.3) is 11.3 Å². The summed E-state index contributed by atoms with van der Waals surface area (Å²) in [6.45, 7) is 1.88. The van der Waals surface area contributed by atoms with Gasteiger partial charge in [0.05, 0.1) is 11.8 Å². The number of rotatable bonds is 4. The summed E-state index contributed by atoms with van der Waals surface area (Å²) in [6.07, 6.45) is 4.67. The quantitative estimate of drug-likeness (QED) is 0.834. The molecule has 1 heterocycles. The number of allylic oxidation sites excluding steroid dienone is 2. The molecule has 4 atom stereocenters. The van der Waals surface area contributed by atoms with Gasteiger partial charge in [-0.2, -0.15) is 0 Å². The molecule has 2 aliphatic rings. The van der Waals surface area contributed by atoms with Gasteiger partial charge in [0.15, 0.2) is 0 Å². The van der Waals surface area contributed by atoms with Crippen LogP contribution in [-0.2, 0) is 9.59 Å². The van der Waals surface area contributed by atoms with Crippen LogP contribution in [0.1, 0.15) is 12.2 Å². The number of carboxylic acids is 1. The summed E-state index contributed by atoms with van der Waals surface area (Å²) in [5, 5.41) is 12.4. The zero-order valence-electron chi connectivity index (χ0n) is 13.8. The van der Waals surface area contributed by atoms with Gasteiger partial charge in [-0.3, -0.25) is 9.59 Å². The van der Waals surface area contributed by atoms with Crippen LogP contribution in [0, 0.1) is 30.6 Å². The average Bonchev–Trinajstić information content (AvgIpc) is 3.30. The molecule has 1 saturated carbocycles. The highest BCUT2D eigenvalue weighted by atomic mass is 16.4. The molecule has 0 spiro atoms. The molecule has 0 aliphatic heterocycles. The van der Waals surface area contributed by atoms with Gasteiger partial charge in [-0.1, -0.05) is 24.3 Å². The average molecular weight is 337 g/mol. The second-order valence-corrected chi connectivity index (χ2v) is 6.82. The first-order chi connectivity index (χ1) is 12.0. The van der Waals surface area contributed by atoms with E-state index in [-0.39, 0.29) is 17.7 Å². The van der Waals surface area contributed by atoms with Crippen molar-refractivity contribution < 1.29 is 19.1 Å². The Morgan fingerprint density at radius 2 is 1.88 bits per heavy atom. The van der Waals surface area contributed by atoms with E-state index in [1.165, 1.54) is 0 Å². The van der Waals surface area contributed by atoms with Crippen molar-refractivity contribution >= 4 is 17.6 Å². The lowest BCUT2D eigenvalue weighted by Crippen LogP contribution is -2.36. The Bertz CT molecular complexity index is 866. The fourth-order valence-corrected chi connectivity index (χ4v) is 4.08. The van der Waals surface area contributed by atoms with Gasteiger partial charge < -0.3 is 14.8 Å². The smallest absolute Gasteiger partial charge is 0.307 e. The molecule has 128 valence electrons. The van der Waals surface area contributed by atoms with Crippen molar-refractivity contribution in [1.82, 2.24) is 0 Å². The van der Waals surface area contributed by atoms with Gasteiger partial charge in [-0.15, -0.1) is 0 Å². The lowest BCUT2D eigenvalue weighted by atomic mass is 9.82. The van der Waals surface area contributed by atoms with Gasteiger partial charge in [0.25, 0.3) is 0 Å². The van der Waals surface area contributed by atoms with E-state index in [9.17, 15) is 14.7 Å². The number of amides is 1. The van der Waals surface area contributed by atoms with E-state index in [0.29, 0.717) is 5.69 Å². The molecule has 0 saturated heterocycles. The van der Waals surface area contributed by atoms with E-state index < -0.39 is 17.8 Å². The number of aliphatic carboxylic acids is 1. The number of anilines is 1. The second kappa shape index (κ2) is 5.92. The van der Waals surface area contributed by atoms with E-state index in [0.717, 1.165) is 23.5 Å². The number of carbonyl (C=O) groups excluding carboxylic acids is 1. The molecule has 5 nitrogen and oxygen atoms in total. The number of fused-ring (bicyclic) bond motifs is 2. The number of carboxylic acid groups (broad SMARTS) is 1. The Labute approximate surface area is 145 Å². The Kier molecular flexibility index (Phi) is 3.71. The third-order valence-corrected chi connectivity index (χ3v) is 5.20. The van der Waals surface area contributed by atoms with Crippen LogP contribution in [0.4, 0.5) is 5.69 Å². The van der Waals surface area contributed by atoms with E-state index in [4.69, 9.17) is 4.42 Å². The van der Waals surface area contributed by atoms with Gasteiger partial charge in [0, 0.05) is 11.3 Å². The van der Waals surface area contributed by atoms with Crippen molar-refractivity contribution in [2.24, 2.45) is 23.7 Å². The molecule has 1 amide bonds. The van der Waals surface area contributed by atoms with Crippen molar-refractivity contribution in [2.75, 3.05) is 5.32 Å². The topological polar surface area (TPSA) is 79.5 Å². The molecule has 4 rings (SSSR count). The number of aryl methyl sites for hydroxylation is 1. The van der Waals surface area contributed by atoms with Gasteiger partial charge in [0.2, 0.25) is 5.91 Å². The lowest BCUT2D eigenvalue weighted by Gasteiger charge is -2.23. The highest BCUT2D eigenvalue weighted by molar-refractivity contribution is 5.96. The summed E-state index contributed by atoms with van der Waals surface area (Å²) in [5.74, 6) is -0.721. The SMILES string of the molecule is Cc1ccc(-c2cccc(NC(=O)[C@H]3[C@H](C(=O)O)[C@@H]4C=C[C@@H]3C4)c2)o1. The second-order valence-electron chi connectivity index (χ2n) is 6.82. The fourth-order valence-electron chi connectivity index (χ4n) is 4.08. The van der Waals surface area contributed by atoms with Gasteiger partial charge in [-0.25, -0.2) is 0 Å². The first-order valence-corrected chi connectivity index (χ1v) is 8.42. The Hall–Kier alpha value is -2.82. The van der Waals surface area contributed by atoms with Crippen LogP contribution in [0.15, 0.2) is 53.0 Å². The zero-order chi connectivity index (χ0) is 17.6. The van der Waals surface area contributed by atoms with Gasteiger partial charge >= 0.3 is 5.97 Å². The van der Waals surface area contributed by atoms with Gasteiger partial charge in [0.1, 0.15) is 11.5 Å². The highest BCUT2D eigenvalue weighted by Crippen LogP contribution is 2.48. The van der Waals surface area contributed by atoms with E-state index in [1.807, 2.05) is 49.4 Å². The van der Waals surface area contributed by atoms with E-state index in [1.54, 1.807) is 6.07 Å². The summed E-state index contributed by atoms with van der Waals surface area (Å²) in [6, 6.07) is 11.2. The summed E-state index contributed by atoms with van der Waals surface area (Å²) in [5.41, 5.74) is 1.51.